The molecule has 0 amide bonds. The lowest BCUT2D eigenvalue weighted by Crippen LogP contribution is -2.07. The molecule has 0 fully saturated rings. The van der Waals surface area contributed by atoms with E-state index in [9.17, 15) is 0 Å². The van der Waals surface area contributed by atoms with Crippen LogP contribution in [0.25, 0.3) is 12.2 Å². The minimum atomic E-state index is 1.07. The SMILES string of the molecule is C=Cc1[nH]ccc1/C=C(\C)N(C)C.CC. The van der Waals surface area contributed by atoms with E-state index >= 15 is 0 Å². The lowest BCUT2D eigenvalue weighted by atomic mass is 10.2. The first-order valence-electron chi connectivity index (χ1n) is 5.30. The van der Waals surface area contributed by atoms with Crippen molar-refractivity contribution in [3.05, 3.63) is 35.8 Å². The van der Waals surface area contributed by atoms with Crippen molar-refractivity contribution in [2.45, 2.75) is 20.8 Å². The zero-order chi connectivity index (χ0) is 11.8. The van der Waals surface area contributed by atoms with E-state index < -0.39 is 0 Å². The molecule has 0 aliphatic heterocycles. The number of rotatable bonds is 3. The van der Waals surface area contributed by atoms with Crippen molar-refractivity contribution in [3.8, 4) is 0 Å². The van der Waals surface area contributed by atoms with E-state index in [1.807, 2.05) is 46.3 Å². The molecule has 0 spiro atoms. The van der Waals surface area contributed by atoms with E-state index in [-0.39, 0.29) is 0 Å². The van der Waals surface area contributed by atoms with Crippen molar-refractivity contribution in [2.75, 3.05) is 14.1 Å². The largest absolute Gasteiger partial charge is 0.381 e. The quantitative estimate of drug-likeness (QED) is 0.800. The molecule has 1 aromatic heterocycles. The van der Waals surface area contributed by atoms with Gasteiger partial charge in [0.25, 0.3) is 0 Å². The molecule has 2 heteroatoms. The van der Waals surface area contributed by atoms with Gasteiger partial charge in [-0.15, -0.1) is 0 Å². The molecule has 84 valence electrons. The second-order valence-corrected chi connectivity index (χ2v) is 3.23. The average Bonchev–Trinajstić information content (AvgIpc) is 2.68. The normalized spacial score (nSPS) is 10.3. The highest BCUT2D eigenvalue weighted by Crippen LogP contribution is 2.13. The molecule has 1 N–H and O–H groups in total. The summed E-state index contributed by atoms with van der Waals surface area (Å²) in [6, 6.07) is 2.05. The number of aromatic nitrogens is 1. The highest BCUT2D eigenvalue weighted by molar-refractivity contribution is 5.63. The van der Waals surface area contributed by atoms with Crippen molar-refractivity contribution in [2.24, 2.45) is 0 Å². The van der Waals surface area contributed by atoms with Gasteiger partial charge in [0.1, 0.15) is 0 Å². The Bertz CT molecular complexity index is 319. The number of aromatic amines is 1. The van der Waals surface area contributed by atoms with Gasteiger partial charge in [-0.05, 0) is 25.1 Å². The molecule has 15 heavy (non-hydrogen) atoms. The summed E-state index contributed by atoms with van der Waals surface area (Å²) in [5.74, 6) is 0. The smallest absolute Gasteiger partial charge is 0.0448 e. The summed E-state index contributed by atoms with van der Waals surface area (Å²) in [5.41, 5.74) is 3.48. The van der Waals surface area contributed by atoms with Crippen LogP contribution < -0.4 is 0 Å². The van der Waals surface area contributed by atoms with Crippen LogP contribution in [0.2, 0.25) is 0 Å². The first-order chi connectivity index (χ1) is 7.15. The van der Waals surface area contributed by atoms with Crippen molar-refractivity contribution in [1.29, 1.82) is 0 Å². The summed E-state index contributed by atoms with van der Waals surface area (Å²) in [5, 5.41) is 0. The van der Waals surface area contributed by atoms with Gasteiger partial charge in [0, 0.05) is 37.2 Å². The summed E-state index contributed by atoms with van der Waals surface area (Å²) in [6.07, 6.45) is 5.88. The minimum Gasteiger partial charge on any atom is -0.381 e. The van der Waals surface area contributed by atoms with Gasteiger partial charge < -0.3 is 9.88 Å². The summed E-state index contributed by atoms with van der Waals surface area (Å²) in [6.45, 7) is 9.83. The Morgan fingerprint density at radius 3 is 2.47 bits per heavy atom. The molecule has 0 radical (unpaired) electrons. The molecule has 0 saturated heterocycles. The molecular formula is C13H22N2. The number of H-pyrrole nitrogens is 1. The maximum Gasteiger partial charge on any atom is 0.0448 e. The number of nitrogens with one attached hydrogen (secondary N) is 1. The van der Waals surface area contributed by atoms with Crippen molar-refractivity contribution >= 4 is 12.2 Å². The molecular weight excluding hydrogens is 184 g/mol. The van der Waals surface area contributed by atoms with Gasteiger partial charge in [0.05, 0.1) is 0 Å². The molecule has 0 unspecified atom stereocenters. The number of hydrogen-bond donors (Lipinski definition) is 1. The van der Waals surface area contributed by atoms with Gasteiger partial charge in [-0.1, -0.05) is 20.4 Å². The van der Waals surface area contributed by atoms with Crippen LogP contribution in [0.4, 0.5) is 0 Å². The Morgan fingerprint density at radius 2 is 2.00 bits per heavy atom. The molecule has 0 aromatic carbocycles. The highest BCUT2D eigenvalue weighted by Gasteiger charge is 1.98. The van der Waals surface area contributed by atoms with Gasteiger partial charge in [-0.25, -0.2) is 0 Å². The van der Waals surface area contributed by atoms with Crippen LogP contribution in [0.5, 0.6) is 0 Å². The lowest BCUT2D eigenvalue weighted by Gasteiger charge is -2.12. The van der Waals surface area contributed by atoms with E-state index in [1.165, 1.54) is 11.3 Å². The van der Waals surface area contributed by atoms with Crippen LogP contribution in [0.1, 0.15) is 32.0 Å². The van der Waals surface area contributed by atoms with Crippen molar-refractivity contribution < 1.29 is 0 Å². The summed E-state index contributed by atoms with van der Waals surface area (Å²) in [7, 11) is 4.07. The van der Waals surface area contributed by atoms with E-state index in [0.717, 1.165) is 5.69 Å². The molecule has 0 atom stereocenters. The fourth-order valence-corrected chi connectivity index (χ4v) is 1.05. The topological polar surface area (TPSA) is 19.0 Å². The average molecular weight is 206 g/mol. The third kappa shape index (κ3) is 4.07. The molecule has 0 saturated carbocycles. The van der Waals surface area contributed by atoms with Gasteiger partial charge in [-0.2, -0.15) is 0 Å². The molecule has 1 heterocycles. The first kappa shape index (κ1) is 13.6. The van der Waals surface area contributed by atoms with Crippen LogP contribution in [-0.4, -0.2) is 24.0 Å². The van der Waals surface area contributed by atoms with Gasteiger partial charge in [0.2, 0.25) is 0 Å². The first-order valence-corrected chi connectivity index (χ1v) is 5.30. The Morgan fingerprint density at radius 1 is 1.40 bits per heavy atom. The fourth-order valence-electron chi connectivity index (χ4n) is 1.05. The predicted molar refractivity (Wildman–Crippen MR) is 69.6 cm³/mol. The molecule has 1 aromatic rings. The van der Waals surface area contributed by atoms with Crippen LogP contribution in [-0.2, 0) is 0 Å². The van der Waals surface area contributed by atoms with Gasteiger partial charge in [0.15, 0.2) is 0 Å². The van der Waals surface area contributed by atoms with Crippen LogP contribution in [0.3, 0.4) is 0 Å². The second-order valence-electron chi connectivity index (χ2n) is 3.23. The highest BCUT2D eigenvalue weighted by atomic mass is 15.1. The van der Waals surface area contributed by atoms with E-state index in [0.29, 0.717) is 0 Å². The van der Waals surface area contributed by atoms with E-state index in [2.05, 4.69) is 29.5 Å². The van der Waals surface area contributed by atoms with Crippen LogP contribution in [0.15, 0.2) is 24.5 Å². The number of allylic oxidation sites excluding steroid dienone is 1. The van der Waals surface area contributed by atoms with Crippen LogP contribution in [0, 0.1) is 0 Å². The zero-order valence-corrected chi connectivity index (χ0v) is 10.5. The minimum absolute atomic E-state index is 1.07. The summed E-state index contributed by atoms with van der Waals surface area (Å²) in [4.78, 5) is 5.20. The number of nitrogens with zero attached hydrogens (tertiary/aromatic N) is 1. The van der Waals surface area contributed by atoms with Gasteiger partial charge >= 0.3 is 0 Å². The van der Waals surface area contributed by atoms with E-state index in [4.69, 9.17) is 0 Å². The molecule has 2 nitrogen and oxygen atoms in total. The fraction of sp³-hybridized carbons (Fsp3) is 0.385. The molecule has 0 bridgehead atoms. The summed E-state index contributed by atoms with van der Waals surface area (Å²) < 4.78 is 0. The Hall–Kier alpha value is -1.44. The molecule has 0 aliphatic carbocycles. The zero-order valence-electron chi connectivity index (χ0n) is 10.5. The van der Waals surface area contributed by atoms with Crippen molar-refractivity contribution in [3.63, 3.8) is 0 Å². The lowest BCUT2D eigenvalue weighted by molar-refractivity contribution is 0.518. The monoisotopic (exact) mass is 206 g/mol. The van der Waals surface area contributed by atoms with Crippen molar-refractivity contribution in [1.82, 2.24) is 9.88 Å². The third-order valence-corrected chi connectivity index (χ3v) is 2.09. The standard InChI is InChI=1S/C11H16N2.C2H6/c1-5-11-10(6-7-12-11)8-9(2)13(3)4;1-2/h5-8,12H,1H2,2-4H3;1-2H3/b9-8+;. The molecule has 1 rings (SSSR count). The van der Waals surface area contributed by atoms with Gasteiger partial charge in [-0.3, -0.25) is 0 Å². The molecule has 0 aliphatic rings. The maximum absolute atomic E-state index is 3.74. The number of hydrogen-bond acceptors (Lipinski definition) is 1. The Balaban J connectivity index is 0.000000921. The van der Waals surface area contributed by atoms with E-state index in [1.54, 1.807) is 0 Å². The summed E-state index contributed by atoms with van der Waals surface area (Å²) >= 11 is 0. The van der Waals surface area contributed by atoms with Crippen LogP contribution >= 0.6 is 0 Å². The maximum atomic E-state index is 3.74. The second kappa shape index (κ2) is 6.93. The Kier molecular flexibility index (Phi) is 6.27. The Labute approximate surface area is 93.3 Å². The third-order valence-electron chi connectivity index (χ3n) is 2.09. The predicted octanol–water partition coefficient (Wildman–Crippen LogP) is 3.61.